The van der Waals surface area contributed by atoms with Crippen LogP contribution in [-0.2, 0) is 6.42 Å². The third kappa shape index (κ3) is 1.98. The lowest BCUT2D eigenvalue weighted by Gasteiger charge is -2.06. The predicted molar refractivity (Wildman–Crippen MR) is 85.0 cm³/mol. The minimum absolute atomic E-state index is 0.559. The van der Waals surface area contributed by atoms with Crippen LogP contribution in [-0.4, -0.2) is 14.5 Å². The maximum atomic E-state index is 6.38. The number of aryl methyl sites for hydroxylation is 1. The molecule has 1 fully saturated rings. The van der Waals surface area contributed by atoms with Crippen LogP contribution in [0.15, 0.2) is 36.5 Å². The molecule has 1 aromatic carbocycles. The van der Waals surface area contributed by atoms with Crippen molar-refractivity contribution in [3.8, 4) is 11.3 Å². The van der Waals surface area contributed by atoms with Gasteiger partial charge in [-0.3, -0.25) is 4.98 Å². The number of pyridine rings is 1. The second-order valence-electron chi connectivity index (χ2n) is 5.63. The molecule has 0 amide bonds. The molecule has 3 aromatic rings. The average Bonchev–Trinajstić information content (AvgIpc) is 3.30. The highest BCUT2D eigenvalue weighted by molar-refractivity contribution is 5.85. The number of imidazole rings is 1. The highest BCUT2D eigenvalue weighted by atomic mass is 15.2. The number of anilines is 1. The Balaban J connectivity index is 1.88. The van der Waals surface area contributed by atoms with Crippen LogP contribution in [0.4, 0.5) is 5.82 Å². The number of nitrogen functional groups attached to an aromatic ring is 1. The first-order valence-electron chi connectivity index (χ1n) is 7.49. The molecule has 0 unspecified atom stereocenters. The second kappa shape index (κ2) is 4.58. The molecule has 4 rings (SSSR count). The lowest BCUT2D eigenvalue weighted by Crippen LogP contribution is -2.04. The molecular formula is C17H18N4. The number of rotatable bonds is 3. The van der Waals surface area contributed by atoms with Gasteiger partial charge in [-0.2, -0.15) is 0 Å². The molecule has 0 atom stereocenters. The Bertz CT molecular complexity index is 815. The summed E-state index contributed by atoms with van der Waals surface area (Å²) in [5.74, 6) is 1.90. The molecule has 21 heavy (non-hydrogen) atoms. The van der Waals surface area contributed by atoms with Crippen LogP contribution in [0, 0.1) is 0 Å². The van der Waals surface area contributed by atoms with Gasteiger partial charge in [0.1, 0.15) is 17.3 Å². The van der Waals surface area contributed by atoms with Gasteiger partial charge in [0.2, 0.25) is 0 Å². The number of fused-ring (bicyclic) bond motifs is 1. The van der Waals surface area contributed by atoms with Gasteiger partial charge in [-0.15, -0.1) is 0 Å². The van der Waals surface area contributed by atoms with Crippen LogP contribution in [0.5, 0.6) is 0 Å². The van der Waals surface area contributed by atoms with Crippen molar-refractivity contribution < 1.29 is 0 Å². The van der Waals surface area contributed by atoms with Crippen LogP contribution in [0.1, 0.15) is 31.6 Å². The van der Waals surface area contributed by atoms with E-state index < -0.39 is 0 Å². The van der Waals surface area contributed by atoms with E-state index in [1.165, 1.54) is 12.8 Å². The predicted octanol–water partition coefficient (Wildman–Crippen LogP) is 3.58. The molecule has 1 saturated carbocycles. The summed E-state index contributed by atoms with van der Waals surface area (Å²) in [5, 5.41) is 1.12. The van der Waals surface area contributed by atoms with Crippen LogP contribution in [0.3, 0.4) is 0 Å². The zero-order valence-electron chi connectivity index (χ0n) is 12.1. The molecule has 106 valence electrons. The third-order valence-corrected chi connectivity index (χ3v) is 4.13. The Labute approximate surface area is 123 Å². The van der Waals surface area contributed by atoms with Crippen LogP contribution in [0.2, 0.25) is 0 Å². The van der Waals surface area contributed by atoms with Crippen molar-refractivity contribution >= 4 is 16.7 Å². The summed E-state index contributed by atoms with van der Waals surface area (Å²) in [4.78, 5) is 9.14. The summed E-state index contributed by atoms with van der Waals surface area (Å²) in [6.07, 6.45) is 5.16. The van der Waals surface area contributed by atoms with Gasteiger partial charge in [-0.05, 0) is 31.0 Å². The highest BCUT2D eigenvalue weighted by Gasteiger charge is 2.29. The van der Waals surface area contributed by atoms with Gasteiger partial charge in [0, 0.05) is 29.6 Å². The number of nitrogens with two attached hydrogens (primary N) is 1. The first-order chi connectivity index (χ1) is 10.3. The number of hydrogen-bond donors (Lipinski definition) is 1. The van der Waals surface area contributed by atoms with E-state index in [9.17, 15) is 0 Å². The van der Waals surface area contributed by atoms with E-state index in [1.807, 2.05) is 18.3 Å². The van der Waals surface area contributed by atoms with Crippen molar-refractivity contribution in [2.75, 3.05) is 5.73 Å². The Kier molecular flexibility index (Phi) is 2.70. The number of aromatic nitrogens is 3. The zero-order valence-corrected chi connectivity index (χ0v) is 12.1. The molecule has 1 aliphatic carbocycles. The van der Waals surface area contributed by atoms with Gasteiger partial charge in [0.15, 0.2) is 0 Å². The lowest BCUT2D eigenvalue weighted by atomic mass is 10.1. The minimum Gasteiger partial charge on any atom is -0.383 e. The van der Waals surface area contributed by atoms with E-state index >= 15 is 0 Å². The molecule has 2 N–H and O–H groups in total. The molecule has 0 radical (unpaired) electrons. The summed E-state index contributed by atoms with van der Waals surface area (Å²) in [7, 11) is 0. The summed E-state index contributed by atoms with van der Waals surface area (Å²) >= 11 is 0. The zero-order chi connectivity index (χ0) is 14.4. The molecule has 0 spiro atoms. The van der Waals surface area contributed by atoms with Crippen molar-refractivity contribution in [2.45, 2.75) is 32.2 Å². The van der Waals surface area contributed by atoms with Crippen molar-refractivity contribution in [3.05, 3.63) is 42.4 Å². The molecule has 1 aliphatic rings. The van der Waals surface area contributed by atoms with Crippen molar-refractivity contribution in [3.63, 3.8) is 0 Å². The molecule has 2 aromatic heterocycles. The number of hydrogen-bond acceptors (Lipinski definition) is 3. The molecule has 4 nitrogen and oxygen atoms in total. The summed E-state index contributed by atoms with van der Waals surface area (Å²) in [6.45, 7) is 2.13. The Morgan fingerprint density at radius 3 is 2.90 bits per heavy atom. The summed E-state index contributed by atoms with van der Waals surface area (Å²) in [6, 6.07) is 10.8. The third-order valence-electron chi connectivity index (χ3n) is 4.13. The fourth-order valence-corrected chi connectivity index (χ4v) is 2.92. The summed E-state index contributed by atoms with van der Waals surface area (Å²) < 4.78 is 2.22. The van der Waals surface area contributed by atoms with E-state index in [0.29, 0.717) is 6.04 Å². The quantitative estimate of drug-likeness (QED) is 0.796. The smallest absolute Gasteiger partial charge is 0.131 e. The average molecular weight is 278 g/mol. The van der Waals surface area contributed by atoms with Gasteiger partial charge < -0.3 is 10.3 Å². The Morgan fingerprint density at radius 2 is 2.14 bits per heavy atom. The van der Waals surface area contributed by atoms with E-state index in [4.69, 9.17) is 10.7 Å². The van der Waals surface area contributed by atoms with Crippen LogP contribution >= 0.6 is 0 Å². The molecule has 4 heteroatoms. The fraction of sp³-hybridized carbons (Fsp3) is 0.294. The van der Waals surface area contributed by atoms with E-state index in [-0.39, 0.29) is 0 Å². The van der Waals surface area contributed by atoms with E-state index in [2.05, 4.69) is 34.7 Å². The van der Waals surface area contributed by atoms with Gasteiger partial charge >= 0.3 is 0 Å². The van der Waals surface area contributed by atoms with Crippen molar-refractivity contribution in [1.82, 2.24) is 14.5 Å². The Hall–Kier alpha value is -2.36. The first kappa shape index (κ1) is 12.4. The number of benzene rings is 1. The minimum atomic E-state index is 0.559. The SMILES string of the molecule is CCc1nc(-c2ccc3ncccc3c2)c(N)n1C1CC1. The molecule has 0 bridgehead atoms. The lowest BCUT2D eigenvalue weighted by molar-refractivity contribution is 0.696. The van der Waals surface area contributed by atoms with Crippen molar-refractivity contribution in [2.24, 2.45) is 0 Å². The molecule has 0 aliphatic heterocycles. The maximum Gasteiger partial charge on any atom is 0.131 e. The van der Waals surface area contributed by atoms with Crippen LogP contribution in [0.25, 0.3) is 22.2 Å². The maximum absolute atomic E-state index is 6.38. The van der Waals surface area contributed by atoms with E-state index in [1.54, 1.807) is 0 Å². The topological polar surface area (TPSA) is 56.7 Å². The standard InChI is InChI=1S/C17H18N4/c1-2-15-20-16(17(18)21(15)13-6-7-13)12-5-8-14-11(10-12)4-3-9-19-14/h3-5,8-10,13H,2,6-7,18H2,1H3. The van der Waals surface area contributed by atoms with E-state index in [0.717, 1.165) is 40.2 Å². The molecule has 0 saturated heterocycles. The van der Waals surface area contributed by atoms with Crippen molar-refractivity contribution in [1.29, 1.82) is 0 Å². The highest BCUT2D eigenvalue weighted by Crippen LogP contribution is 2.41. The summed E-state index contributed by atoms with van der Waals surface area (Å²) in [5.41, 5.74) is 9.36. The fourth-order valence-electron chi connectivity index (χ4n) is 2.92. The van der Waals surface area contributed by atoms with Gasteiger partial charge in [-0.1, -0.05) is 19.1 Å². The Morgan fingerprint density at radius 1 is 1.29 bits per heavy atom. The van der Waals surface area contributed by atoms with Gasteiger partial charge in [0.05, 0.1) is 5.52 Å². The second-order valence-corrected chi connectivity index (χ2v) is 5.63. The monoisotopic (exact) mass is 278 g/mol. The van der Waals surface area contributed by atoms with Gasteiger partial charge in [-0.25, -0.2) is 4.98 Å². The molecular weight excluding hydrogens is 260 g/mol. The number of nitrogens with zero attached hydrogens (tertiary/aromatic N) is 3. The van der Waals surface area contributed by atoms with Crippen LogP contribution < -0.4 is 5.73 Å². The molecule has 2 heterocycles. The largest absolute Gasteiger partial charge is 0.383 e. The normalized spacial score (nSPS) is 14.7. The van der Waals surface area contributed by atoms with Gasteiger partial charge in [0.25, 0.3) is 0 Å². The first-order valence-corrected chi connectivity index (χ1v) is 7.49.